The van der Waals surface area contributed by atoms with Crippen LogP contribution in [-0.2, 0) is 4.79 Å². The van der Waals surface area contributed by atoms with Crippen molar-refractivity contribution >= 4 is 11.8 Å². The second kappa shape index (κ2) is 4.68. The highest BCUT2D eigenvalue weighted by Crippen LogP contribution is 2.14. The van der Waals surface area contributed by atoms with Crippen molar-refractivity contribution in [3.63, 3.8) is 0 Å². The summed E-state index contributed by atoms with van der Waals surface area (Å²) in [5.74, 6) is -1.82. The molecule has 0 aliphatic carbocycles. The molecule has 15 heavy (non-hydrogen) atoms. The number of Topliss-reactive ketones (excluding diaryl/α,β-unsaturated/α-hetero) is 1. The third kappa shape index (κ3) is 2.87. The first-order chi connectivity index (χ1) is 7.02. The minimum absolute atomic E-state index is 0.0976. The fraction of sp³-hybridized carbons (Fsp3) is 0.273. The first-order valence-electron chi connectivity index (χ1n) is 4.52. The first-order valence-corrected chi connectivity index (χ1v) is 4.52. The molecule has 0 aliphatic heterocycles. The van der Waals surface area contributed by atoms with Crippen LogP contribution in [-0.4, -0.2) is 16.9 Å². The minimum atomic E-state index is -1.03. The molecule has 0 amide bonds. The molecule has 80 valence electrons. The summed E-state index contributed by atoms with van der Waals surface area (Å²) in [4.78, 5) is 21.8. The van der Waals surface area contributed by atoms with E-state index in [9.17, 15) is 14.0 Å². The van der Waals surface area contributed by atoms with E-state index >= 15 is 0 Å². The lowest BCUT2D eigenvalue weighted by Crippen LogP contribution is -2.06. The van der Waals surface area contributed by atoms with Crippen LogP contribution in [0.1, 0.15) is 28.8 Å². The summed E-state index contributed by atoms with van der Waals surface area (Å²) in [7, 11) is 0. The maximum atomic E-state index is 13.1. The van der Waals surface area contributed by atoms with Crippen molar-refractivity contribution in [1.29, 1.82) is 0 Å². The number of ketones is 1. The fourth-order valence-electron chi connectivity index (χ4n) is 1.26. The van der Waals surface area contributed by atoms with E-state index in [4.69, 9.17) is 5.11 Å². The zero-order valence-electron chi connectivity index (χ0n) is 8.29. The normalized spacial score (nSPS) is 10.0. The molecule has 0 spiro atoms. The van der Waals surface area contributed by atoms with Gasteiger partial charge in [-0.25, -0.2) is 4.39 Å². The molecule has 1 aromatic carbocycles. The van der Waals surface area contributed by atoms with Crippen LogP contribution in [0.5, 0.6) is 0 Å². The second-order valence-corrected chi connectivity index (χ2v) is 3.23. The van der Waals surface area contributed by atoms with Crippen molar-refractivity contribution in [3.8, 4) is 0 Å². The number of carboxylic acids is 1. The van der Waals surface area contributed by atoms with E-state index in [1.54, 1.807) is 0 Å². The zero-order chi connectivity index (χ0) is 11.4. The molecule has 0 fully saturated rings. The number of aliphatic carboxylic acids is 1. The summed E-state index contributed by atoms with van der Waals surface area (Å²) in [5, 5.41) is 8.41. The van der Waals surface area contributed by atoms with Crippen molar-refractivity contribution in [2.75, 3.05) is 0 Å². The Labute approximate surface area is 86.5 Å². The number of carbonyl (C=O) groups excluding carboxylic acids is 1. The molecule has 0 unspecified atom stereocenters. The Kier molecular flexibility index (Phi) is 3.55. The van der Waals surface area contributed by atoms with E-state index in [0.717, 1.165) is 0 Å². The number of carboxylic acid groups (broad SMARTS) is 1. The summed E-state index contributed by atoms with van der Waals surface area (Å²) in [6.45, 7) is 1.50. The van der Waals surface area contributed by atoms with Crippen LogP contribution < -0.4 is 0 Å². The number of carbonyl (C=O) groups is 2. The Balaban J connectivity index is 2.82. The van der Waals surface area contributed by atoms with Crippen molar-refractivity contribution in [3.05, 3.63) is 35.1 Å². The molecule has 1 rings (SSSR count). The van der Waals surface area contributed by atoms with E-state index < -0.39 is 11.8 Å². The third-order valence-electron chi connectivity index (χ3n) is 2.13. The van der Waals surface area contributed by atoms with E-state index in [0.29, 0.717) is 0 Å². The van der Waals surface area contributed by atoms with Gasteiger partial charge in [-0.15, -0.1) is 0 Å². The summed E-state index contributed by atoms with van der Waals surface area (Å²) in [5.41, 5.74) is 0.532. The number of benzene rings is 1. The second-order valence-electron chi connectivity index (χ2n) is 3.23. The molecule has 3 nitrogen and oxygen atoms in total. The highest BCUT2D eigenvalue weighted by atomic mass is 19.1. The molecule has 0 aliphatic rings. The van der Waals surface area contributed by atoms with Gasteiger partial charge in [0.15, 0.2) is 5.78 Å². The first kappa shape index (κ1) is 11.4. The topological polar surface area (TPSA) is 54.4 Å². The molecule has 1 N–H and O–H groups in total. The molecule has 0 atom stereocenters. The van der Waals surface area contributed by atoms with Gasteiger partial charge >= 0.3 is 5.97 Å². The molecule has 0 heterocycles. The maximum Gasteiger partial charge on any atom is 0.303 e. The van der Waals surface area contributed by atoms with Crippen LogP contribution >= 0.6 is 0 Å². The van der Waals surface area contributed by atoms with Gasteiger partial charge in [-0.3, -0.25) is 9.59 Å². The molecule has 0 saturated carbocycles. The lowest BCUT2D eigenvalue weighted by atomic mass is 10.0. The molecule has 0 aromatic heterocycles. The Morgan fingerprint density at radius 3 is 2.60 bits per heavy atom. The third-order valence-corrected chi connectivity index (χ3v) is 2.13. The standard InChI is InChI=1S/C11H11FO3/c1-7-8(3-2-4-9(7)12)10(13)5-6-11(14)15/h2-4H,5-6H2,1H3,(H,14,15). The number of halogens is 1. The van der Waals surface area contributed by atoms with Gasteiger partial charge in [0.25, 0.3) is 0 Å². The van der Waals surface area contributed by atoms with Crippen LogP contribution in [0.4, 0.5) is 4.39 Å². The minimum Gasteiger partial charge on any atom is -0.481 e. The average Bonchev–Trinajstić information content (AvgIpc) is 2.18. The largest absolute Gasteiger partial charge is 0.481 e. The molecule has 1 aromatic rings. The smallest absolute Gasteiger partial charge is 0.303 e. The number of rotatable bonds is 4. The summed E-state index contributed by atoms with van der Waals surface area (Å²) in [6.07, 6.45) is -0.325. The highest BCUT2D eigenvalue weighted by Gasteiger charge is 2.12. The van der Waals surface area contributed by atoms with Crippen LogP contribution in [0, 0.1) is 12.7 Å². The van der Waals surface area contributed by atoms with E-state index in [-0.39, 0.29) is 29.8 Å². The number of hydrogen-bond donors (Lipinski definition) is 1. The number of hydrogen-bond acceptors (Lipinski definition) is 2. The van der Waals surface area contributed by atoms with Crippen LogP contribution in [0.25, 0.3) is 0 Å². The zero-order valence-corrected chi connectivity index (χ0v) is 8.29. The van der Waals surface area contributed by atoms with Gasteiger partial charge < -0.3 is 5.11 Å². The van der Waals surface area contributed by atoms with Crippen molar-refractivity contribution in [2.45, 2.75) is 19.8 Å². The van der Waals surface area contributed by atoms with Gasteiger partial charge in [-0.2, -0.15) is 0 Å². The summed E-state index contributed by atoms with van der Waals surface area (Å²) >= 11 is 0. The molecular formula is C11H11FO3. The van der Waals surface area contributed by atoms with Crippen LogP contribution in [0.15, 0.2) is 18.2 Å². The van der Waals surface area contributed by atoms with E-state index in [2.05, 4.69) is 0 Å². The molecule has 0 bridgehead atoms. The Morgan fingerprint density at radius 1 is 1.33 bits per heavy atom. The molecule has 4 heteroatoms. The van der Waals surface area contributed by atoms with Crippen molar-refractivity contribution in [2.24, 2.45) is 0 Å². The monoisotopic (exact) mass is 210 g/mol. The average molecular weight is 210 g/mol. The SMILES string of the molecule is Cc1c(F)cccc1C(=O)CCC(=O)O. The lowest BCUT2D eigenvalue weighted by molar-refractivity contribution is -0.136. The van der Waals surface area contributed by atoms with Crippen molar-refractivity contribution < 1.29 is 19.1 Å². The summed E-state index contributed by atoms with van der Waals surface area (Å²) in [6, 6.07) is 4.21. The van der Waals surface area contributed by atoms with Gasteiger partial charge in [0.2, 0.25) is 0 Å². The predicted octanol–water partition coefficient (Wildman–Crippen LogP) is 2.18. The molecular weight excluding hydrogens is 199 g/mol. The van der Waals surface area contributed by atoms with Crippen LogP contribution in [0.3, 0.4) is 0 Å². The van der Waals surface area contributed by atoms with Crippen molar-refractivity contribution in [1.82, 2.24) is 0 Å². The highest BCUT2D eigenvalue weighted by molar-refractivity contribution is 5.98. The quantitative estimate of drug-likeness (QED) is 0.775. The van der Waals surface area contributed by atoms with Gasteiger partial charge in [-0.1, -0.05) is 12.1 Å². The van der Waals surface area contributed by atoms with Gasteiger partial charge in [0.1, 0.15) is 5.82 Å². The molecule has 0 saturated heterocycles. The predicted molar refractivity (Wildman–Crippen MR) is 52.3 cm³/mol. The van der Waals surface area contributed by atoms with E-state index in [1.165, 1.54) is 25.1 Å². The van der Waals surface area contributed by atoms with E-state index in [1.807, 2.05) is 0 Å². The Hall–Kier alpha value is -1.71. The fourth-order valence-corrected chi connectivity index (χ4v) is 1.26. The van der Waals surface area contributed by atoms with Gasteiger partial charge in [0, 0.05) is 12.0 Å². The Bertz CT molecular complexity index is 399. The molecule has 0 radical (unpaired) electrons. The Morgan fingerprint density at radius 2 is 2.00 bits per heavy atom. The van der Waals surface area contributed by atoms with Gasteiger partial charge in [-0.05, 0) is 18.6 Å². The van der Waals surface area contributed by atoms with Crippen LogP contribution in [0.2, 0.25) is 0 Å². The van der Waals surface area contributed by atoms with Gasteiger partial charge in [0.05, 0.1) is 6.42 Å². The maximum absolute atomic E-state index is 13.1. The summed E-state index contributed by atoms with van der Waals surface area (Å²) < 4.78 is 13.1. The lowest BCUT2D eigenvalue weighted by Gasteiger charge is -2.04.